The molecule has 3 nitrogen and oxygen atoms in total. The van der Waals surface area contributed by atoms with Crippen molar-refractivity contribution in [2.75, 3.05) is 13.2 Å². The molecule has 2 rings (SSSR count). The Morgan fingerprint density at radius 1 is 1.27 bits per heavy atom. The molecule has 0 unspecified atom stereocenters. The zero-order valence-electron chi connectivity index (χ0n) is 14.9. The molecule has 1 aromatic heterocycles. The molecule has 2 N–H and O–H groups in total. The normalized spacial score (nSPS) is 24.8. The minimum absolute atomic E-state index is 0.0379. The van der Waals surface area contributed by atoms with Crippen molar-refractivity contribution >= 4 is 0 Å². The molecular formula is C19H34NO2+. The Morgan fingerprint density at radius 2 is 2.09 bits per heavy atom. The number of rotatable bonds is 8. The lowest BCUT2D eigenvalue weighted by molar-refractivity contribution is -0.674. The molecule has 0 spiro atoms. The molecular weight excluding hydrogens is 274 g/mol. The van der Waals surface area contributed by atoms with E-state index in [0.717, 1.165) is 24.8 Å². The molecule has 1 saturated heterocycles. The molecule has 0 amide bonds. The predicted octanol–water partition coefficient (Wildman–Crippen LogP) is 3.74. The predicted molar refractivity (Wildman–Crippen MR) is 89.6 cm³/mol. The van der Waals surface area contributed by atoms with Gasteiger partial charge in [-0.05, 0) is 56.6 Å². The highest BCUT2D eigenvalue weighted by Crippen LogP contribution is 2.45. The van der Waals surface area contributed by atoms with Gasteiger partial charge in [0.2, 0.25) is 0 Å². The van der Waals surface area contributed by atoms with Crippen LogP contribution in [0, 0.1) is 11.3 Å². The summed E-state index contributed by atoms with van der Waals surface area (Å²) in [6.07, 6.45) is 8.13. The van der Waals surface area contributed by atoms with Gasteiger partial charge in [-0.1, -0.05) is 20.3 Å². The van der Waals surface area contributed by atoms with E-state index in [1.54, 1.807) is 6.26 Å². The van der Waals surface area contributed by atoms with Crippen molar-refractivity contribution < 1.29 is 14.5 Å². The summed E-state index contributed by atoms with van der Waals surface area (Å²) >= 11 is 0. The minimum atomic E-state index is 0.0379. The van der Waals surface area contributed by atoms with Crippen LogP contribution >= 0.6 is 0 Å². The van der Waals surface area contributed by atoms with Crippen molar-refractivity contribution in [2.24, 2.45) is 11.3 Å². The first-order valence-electron chi connectivity index (χ1n) is 8.89. The van der Waals surface area contributed by atoms with Gasteiger partial charge < -0.3 is 14.5 Å². The molecule has 0 aromatic carbocycles. The molecule has 1 atom stereocenters. The van der Waals surface area contributed by atoms with E-state index in [2.05, 4.69) is 39.1 Å². The van der Waals surface area contributed by atoms with Gasteiger partial charge in [-0.15, -0.1) is 0 Å². The summed E-state index contributed by atoms with van der Waals surface area (Å²) < 4.78 is 11.4. The molecule has 22 heavy (non-hydrogen) atoms. The van der Waals surface area contributed by atoms with Gasteiger partial charge in [0.15, 0.2) is 5.76 Å². The Labute approximate surface area is 135 Å². The molecule has 0 bridgehead atoms. The molecule has 1 fully saturated rings. The van der Waals surface area contributed by atoms with Crippen molar-refractivity contribution in [3.63, 3.8) is 0 Å². The highest BCUT2D eigenvalue weighted by Gasteiger charge is 2.40. The van der Waals surface area contributed by atoms with Gasteiger partial charge in [-0.25, -0.2) is 0 Å². The third-order valence-corrected chi connectivity index (χ3v) is 4.98. The number of furan rings is 1. The summed E-state index contributed by atoms with van der Waals surface area (Å²) in [6.45, 7) is 12.2. The van der Waals surface area contributed by atoms with Crippen molar-refractivity contribution in [1.82, 2.24) is 0 Å². The molecule has 3 heteroatoms. The topological polar surface area (TPSA) is 39.0 Å². The van der Waals surface area contributed by atoms with Crippen LogP contribution in [-0.2, 0) is 11.3 Å². The van der Waals surface area contributed by atoms with Crippen LogP contribution in [0.4, 0.5) is 0 Å². The van der Waals surface area contributed by atoms with Crippen LogP contribution in [0.5, 0.6) is 0 Å². The molecule has 0 saturated carbocycles. The quantitative estimate of drug-likeness (QED) is 0.743. The monoisotopic (exact) mass is 308 g/mol. The number of nitrogens with two attached hydrogens (primary N) is 1. The summed E-state index contributed by atoms with van der Waals surface area (Å²) in [5.41, 5.74) is 0.502. The average molecular weight is 308 g/mol. The van der Waals surface area contributed by atoms with E-state index in [9.17, 15) is 0 Å². The Morgan fingerprint density at radius 3 is 2.73 bits per heavy atom. The van der Waals surface area contributed by atoms with E-state index in [1.807, 2.05) is 6.07 Å². The maximum Gasteiger partial charge on any atom is 0.157 e. The van der Waals surface area contributed by atoms with E-state index in [0.29, 0.717) is 5.41 Å². The molecule has 0 aliphatic carbocycles. The fourth-order valence-electron chi connectivity index (χ4n) is 3.81. The zero-order valence-corrected chi connectivity index (χ0v) is 14.9. The first-order chi connectivity index (χ1) is 10.4. The SMILES string of the molecule is CC(C)CC[C@]1(CC[NH2+]Cc2ccco2)CCOC(C)(C)C1. The van der Waals surface area contributed by atoms with Crippen LogP contribution in [0.25, 0.3) is 0 Å². The molecule has 1 aliphatic heterocycles. The lowest BCUT2D eigenvalue weighted by Gasteiger charge is -2.45. The third-order valence-electron chi connectivity index (χ3n) is 4.98. The second-order valence-electron chi connectivity index (χ2n) is 8.08. The van der Waals surface area contributed by atoms with Crippen LogP contribution in [0.2, 0.25) is 0 Å². The zero-order chi connectivity index (χ0) is 16.1. The maximum absolute atomic E-state index is 5.97. The largest absolute Gasteiger partial charge is 0.463 e. The van der Waals surface area contributed by atoms with Crippen LogP contribution in [0.15, 0.2) is 22.8 Å². The second kappa shape index (κ2) is 7.65. The number of quaternary nitrogens is 1. The summed E-state index contributed by atoms with van der Waals surface area (Å²) in [7, 11) is 0. The van der Waals surface area contributed by atoms with E-state index >= 15 is 0 Å². The van der Waals surface area contributed by atoms with Gasteiger partial charge in [0.1, 0.15) is 6.54 Å². The minimum Gasteiger partial charge on any atom is -0.463 e. The Balaban J connectivity index is 1.86. The average Bonchev–Trinajstić information content (AvgIpc) is 2.94. The van der Waals surface area contributed by atoms with Crippen molar-refractivity contribution in [3.8, 4) is 0 Å². The van der Waals surface area contributed by atoms with E-state index in [-0.39, 0.29) is 5.60 Å². The van der Waals surface area contributed by atoms with Crippen molar-refractivity contribution in [2.45, 2.75) is 71.9 Å². The number of hydrogen-bond acceptors (Lipinski definition) is 2. The lowest BCUT2D eigenvalue weighted by Crippen LogP contribution is -2.83. The van der Waals surface area contributed by atoms with Gasteiger partial charge in [-0.2, -0.15) is 0 Å². The highest BCUT2D eigenvalue weighted by molar-refractivity contribution is 4.95. The molecule has 1 aromatic rings. The van der Waals surface area contributed by atoms with E-state index in [1.165, 1.54) is 38.6 Å². The van der Waals surface area contributed by atoms with Gasteiger partial charge in [0.25, 0.3) is 0 Å². The standard InChI is InChI=1S/C19H33NO2/c1-16(2)7-8-19(10-13-22-18(3,4)15-19)9-11-20-14-17-6-5-12-21-17/h5-6,12,16,20H,7-11,13-15H2,1-4H3/p+1/t19-/m0/s1. The van der Waals surface area contributed by atoms with Crippen LogP contribution in [0.3, 0.4) is 0 Å². The number of ether oxygens (including phenoxy) is 1. The first kappa shape index (κ1) is 17.6. The van der Waals surface area contributed by atoms with Crippen molar-refractivity contribution in [1.29, 1.82) is 0 Å². The third kappa shape index (κ3) is 5.44. The summed E-state index contributed by atoms with van der Waals surface area (Å²) in [6, 6.07) is 4.02. The summed E-state index contributed by atoms with van der Waals surface area (Å²) in [4.78, 5) is 0. The fourth-order valence-corrected chi connectivity index (χ4v) is 3.81. The van der Waals surface area contributed by atoms with Gasteiger partial charge in [-0.3, -0.25) is 0 Å². The molecule has 0 radical (unpaired) electrons. The summed E-state index contributed by atoms with van der Waals surface area (Å²) in [5, 5.41) is 2.39. The van der Waals surface area contributed by atoms with Gasteiger partial charge in [0.05, 0.1) is 18.4 Å². The molecule has 1 aliphatic rings. The van der Waals surface area contributed by atoms with Gasteiger partial charge >= 0.3 is 0 Å². The number of hydrogen-bond donors (Lipinski definition) is 1. The van der Waals surface area contributed by atoms with Crippen LogP contribution < -0.4 is 5.32 Å². The van der Waals surface area contributed by atoms with E-state index in [4.69, 9.17) is 9.15 Å². The second-order valence-corrected chi connectivity index (χ2v) is 8.08. The molecule has 2 heterocycles. The Kier molecular flexibility index (Phi) is 6.10. The smallest absolute Gasteiger partial charge is 0.157 e. The van der Waals surface area contributed by atoms with Gasteiger partial charge in [0, 0.05) is 13.0 Å². The van der Waals surface area contributed by atoms with Crippen LogP contribution in [0.1, 0.15) is 65.6 Å². The Hall–Kier alpha value is -0.800. The van der Waals surface area contributed by atoms with Crippen molar-refractivity contribution in [3.05, 3.63) is 24.2 Å². The van der Waals surface area contributed by atoms with Crippen LogP contribution in [-0.4, -0.2) is 18.8 Å². The lowest BCUT2D eigenvalue weighted by atomic mass is 9.68. The fraction of sp³-hybridized carbons (Fsp3) is 0.789. The maximum atomic E-state index is 5.97. The van der Waals surface area contributed by atoms with E-state index < -0.39 is 0 Å². The molecule has 126 valence electrons. The first-order valence-corrected chi connectivity index (χ1v) is 8.89. The Bertz CT molecular complexity index is 425. The summed E-state index contributed by atoms with van der Waals surface area (Å²) in [5.74, 6) is 1.86. The highest BCUT2D eigenvalue weighted by atomic mass is 16.5.